The average Bonchev–Trinajstić information content (AvgIpc) is 2.82. The lowest BCUT2D eigenvalue weighted by Crippen LogP contribution is -2.07. The van der Waals surface area contributed by atoms with Crippen molar-refractivity contribution in [3.63, 3.8) is 0 Å². The van der Waals surface area contributed by atoms with Gasteiger partial charge in [-0.3, -0.25) is 0 Å². The highest BCUT2D eigenvalue weighted by atomic mass is 19.4. The molecule has 1 aromatic carbocycles. The molecule has 0 saturated heterocycles. The number of aromatic nitrogens is 2. The fraction of sp³-hybridized carbons (Fsp3) is 0.250. The molecule has 0 amide bonds. The second-order valence-corrected chi connectivity index (χ2v) is 4.06. The van der Waals surface area contributed by atoms with Crippen molar-refractivity contribution >= 4 is 5.69 Å². The average molecular weight is 285 g/mol. The van der Waals surface area contributed by atoms with Gasteiger partial charge in [-0.25, -0.2) is 4.98 Å². The lowest BCUT2D eigenvalue weighted by atomic mass is 10.1. The van der Waals surface area contributed by atoms with Gasteiger partial charge in [-0.05, 0) is 24.2 Å². The SMILES string of the molecule is COc1cc(C(F)(F)F)cc(-n2cnc(C)c2)c1N=O. The first-order chi connectivity index (χ1) is 9.36. The first-order valence-electron chi connectivity index (χ1n) is 5.50. The Labute approximate surface area is 112 Å². The molecule has 2 aromatic rings. The fourth-order valence-corrected chi connectivity index (χ4v) is 1.75. The molecule has 0 aliphatic carbocycles. The van der Waals surface area contributed by atoms with E-state index in [0.717, 1.165) is 12.1 Å². The van der Waals surface area contributed by atoms with Gasteiger partial charge < -0.3 is 9.30 Å². The molecule has 0 atom stereocenters. The molecule has 0 N–H and O–H groups in total. The smallest absolute Gasteiger partial charge is 0.416 e. The van der Waals surface area contributed by atoms with Gasteiger partial charge in [0.15, 0.2) is 11.4 Å². The Balaban J connectivity index is 2.73. The van der Waals surface area contributed by atoms with Crippen LogP contribution in [0, 0.1) is 11.8 Å². The molecule has 106 valence electrons. The van der Waals surface area contributed by atoms with E-state index in [1.165, 1.54) is 24.2 Å². The maximum atomic E-state index is 12.9. The number of nitrogens with zero attached hydrogens (tertiary/aromatic N) is 3. The highest BCUT2D eigenvalue weighted by Crippen LogP contribution is 2.40. The summed E-state index contributed by atoms with van der Waals surface area (Å²) in [6.45, 7) is 1.68. The maximum Gasteiger partial charge on any atom is 0.416 e. The van der Waals surface area contributed by atoms with Crippen molar-refractivity contribution in [2.45, 2.75) is 13.1 Å². The lowest BCUT2D eigenvalue weighted by molar-refractivity contribution is -0.137. The summed E-state index contributed by atoms with van der Waals surface area (Å²) < 4.78 is 44.7. The molecule has 20 heavy (non-hydrogen) atoms. The van der Waals surface area contributed by atoms with Gasteiger partial charge in [0.1, 0.15) is 0 Å². The molecule has 0 spiro atoms. The van der Waals surface area contributed by atoms with Gasteiger partial charge in [0, 0.05) is 6.20 Å². The Morgan fingerprint density at radius 3 is 2.50 bits per heavy atom. The minimum absolute atomic E-state index is 0.0349. The van der Waals surface area contributed by atoms with Crippen LogP contribution in [0.25, 0.3) is 5.69 Å². The second-order valence-electron chi connectivity index (χ2n) is 4.06. The van der Waals surface area contributed by atoms with Crippen LogP contribution in [0.3, 0.4) is 0 Å². The number of nitroso groups, excluding NO2 is 1. The molecule has 1 aromatic heterocycles. The molecule has 0 aliphatic heterocycles. The van der Waals surface area contributed by atoms with Crippen molar-refractivity contribution in [2.75, 3.05) is 7.11 Å². The van der Waals surface area contributed by atoms with Crippen LogP contribution in [0.5, 0.6) is 5.75 Å². The molecular formula is C12H10F3N3O2. The molecule has 8 heteroatoms. The Kier molecular flexibility index (Phi) is 3.47. The van der Waals surface area contributed by atoms with E-state index >= 15 is 0 Å². The third kappa shape index (κ3) is 2.49. The molecule has 0 unspecified atom stereocenters. The number of imidazole rings is 1. The molecule has 5 nitrogen and oxygen atoms in total. The van der Waals surface area contributed by atoms with Crippen LogP contribution in [0.2, 0.25) is 0 Å². The molecule has 2 rings (SSSR count). The van der Waals surface area contributed by atoms with Crippen LogP contribution in [0.1, 0.15) is 11.3 Å². The standard InChI is InChI=1S/C12H10F3N3O2/c1-7-5-18(6-16-7)9-3-8(12(13,14)15)4-10(20-2)11(9)17-19/h3-6H,1-2H3. The first kappa shape index (κ1) is 14.0. The van der Waals surface area contributed by atoms with E-state index in [-0.39, 0.29) is 17.1 Å². The van der Waals surface area contributed by atoms with Gasteiger partial charge in [-0.2, -0.15) is 13.2 Å². The van der Waals surface area contributed by atoms with Gasteiger partial charge >= 0.3 is 6.18 Å². The summed E-state index contributed by atoms with van der Waals surface area (Å²) in [6, 6.07) is 1.57. The van der Waals surface area contributed by atoms with Gasteiger partial charge in [0.05, 0.1) is 30.4 Å². The van der Waals surface area contributed by atoms with E-state index in [4.69, 9.17) is 4.74 Å². The molecule has 0 bridgehead atoms. The number of hydrogen-bond donors (Lipinski definition) is 0. The normalized spacial score (nSPS) is 11.4. The number of halogens is 3. The number of rotatable bonds is 3. The van der Waals surface area contributed by atoms with Gasteiger partial charge in [-0.1, -0.05) is 0 Å². The van der Waals surface area contributed by atoms with Crippen molar-refractivity contribution in [3.05, 3.63) is 40.8 Å². The number of benzene rings is 1. The van der Waals surface area contributed by atoms with Crippen LogP contribution in [0.4, 0.5) is 18.9 Å². The quantitative estimate of drug-likeness (QED) is 0.809. The van der Waals surface area contributed by atoms with E-state index in [2.05, 4.69) is 10.2 Å². The third-order valence-corrected chi connectivity index (χ3v) is 2.68. The summed E-state index contributed by atoms with van der Waals surface area (Å²) in [7, 11) is 1.17. The van der Waals surface area contributed by atoms with Crippen LogP contribution in [-0.4, -0.2) is 16.7 Å². The maximum absolute atomic E-state index is 12.9. The summed E-state index contributed by atoms with van der Waals surface area (Å²) in [5.41, 5.74) is -0.577. The van der Waals surface area contributed by atoms with Crippen molar-refractivity contribution in [2.24, 2.45) is 5.18 Å². The fourth-order valence-electron chi connectivity index (χ4n) is 1.75. The highest BCUT2D eigenvalue weighted by molar-refractivity contribution is 5.67. The Morgan fingerprint density at radius 1 is 1.35 bits per heavy atom. The van der Waals surface area contributed by atoms with E-state index in [9.17, 15) is 18.1 Å². The molecular weight excluding hydrogens is 275 g/mol. The zero-order chi connectivity index (χ0) is 14.9. The number of hydrogen-bond acceptors (Lipinski definition) is 4. The van der Waals surface area contributed by atoms with E-state index in [1.54, 1.807) is 6.92 Å². The number of aryl methyl sites for hydroxylation is 1. The van der Waals surface area contributed by atoms with E-state index < -0.39 is 11.7 Å². The minimum Gasteiger partial charge on any atom is -0.494 e. The van der Waals surface area contributed by atoms with Crippen molar-refractivity contribution < 1.29 is 17.9 Å². The van der Waals surface area contributed by atoms with Crippen LogP contribution in [-0.2, 0) is 6.18 Å². The molecule has 0 fully saturated rings. The highest BCUT2D eigenvalue weighted by Gasteiger charge is 2.33. The molecule has 0 saturated carbocycles. The Bertz CT molecular complexity index is 650. The topological polar surface area (TPSA) is 56.5 Å². The van der Waals surface area contributed by atoms with Gasteiger partial charge in [0.25, 0.3) is 0 Å². The molecule has 0 aliphatic rings. The van der Waals surface area contributed by atoms with E-state index in [1.807, 2.05) is 0 Å². The number of ether oxygens (including phenoxy) is 1. The summed E-state index contributed by atoms with van der Waals surface area (Å²) in [6.07, 6.45) is -1.76. The van der Waals surface area contributed by atoms with Crippen molar-refractivity contribution in [1.82, 2.24) is 9.55 Å². The third-order valence-electron chi connectivity index (χ3n) is 2.68. The van der Waals surface area contributed by atoms with Crippen LogP contribution in [0.15, 0.2) is 29.8 Å². The monoisotopic (exact) mass is 285 g/mol. The number of methoxy groups -OCH3 is 1. The van der Waals surface area contributed by atoms with Crippen molar-refractivity contribution in [1.29, 1.82) is 0 Å². The number of alkyl halides is 3. The summed E-state index contributed by atoms with van der Waals surface area (Å²) in [4.78, 5) is 14.8. The summed E-state index contributed by atoms with van der Waals surface area (Å²) in [5.74, 6) is -0.240. The van der Waals surface area contributed by atoms with Crippen LogP contribution < -0.4 is 4.74 Å². The predicted octanol–water partition coefficient (Wildman–Crippen LogP) is 3.61. The first-order valence-corrected chi connectivity index (χ1v) is 5.50. The minimum atomic E-state index is -4.56. The zero-order valence-electron chi connectivity index (χ0n) is 10.6. The molecule has 1 heterocycles. The summed E-state index contributed by atoms with van der Waals surface area (Å²) in [5, 5.41) is 2.76. The van der Waals surface area contributed by atoms with E-state index in [0.29, 0.717) is 5.69 Å². The summed E-state index contributed by atoms with van der Waals surface area (Å²) >= 11 is 0. The lowest BCUT2D eigenvalue weighted by Gasteiger charge is -2.14. The Morgan fingerprint density at radius 2 is 2.05 bits per heavy atom. The van der Waals surface area contributed by atoms with Crippen molar-refractivity contribution in [3.8, 4) is 11.4 Å². The second kappa shape index (κ2) is 4.95. The van der Waals surface area contributed by atoms with Gasteiger partial charge in [-0.15, -0.1) is 4.91 Å². The zero-order valence-corrected chi connectivity index (χ0v) is 10.6. The Hall–Kier alpha value is -2.38. The van der Waals surface area contributed by atoms with Crippen LogP contribution >= 0.6 is 0 Å². The largest absolute Gasteiger partial charge is 0.494 e. The molecule has 0 radical (unpaired) electrons. The van der Waals surface area contributed by atoms with Gasteiger partial charge in [0.2, 0.25) is 0 Å². The predicted molar refractivity (Wildman–Crippen MR) is 65.3 cm³/mol.